The zero-order chi connectivity index (χ0) is 14.2. The van der Waals surface area contributed by atoms with Crippen molar-refractivity contribution >= 4 is 11.3 Å². The van der Waals surface area contributed by atoms with Gasteiger partial charge in [-0.15, -0.1) is 11.3 Å². The first-order valence-corrected chi connectivity index (χ1v) is 8.90. The average Bonchev–Trinajstić information content (AvgIpc) is 3.16. The Labute approximate surface area is 129 Å². The van der Waals surface area contributed by atoms with Gasteiger partial charge in [0.05, 0.1) is 10.9 Å². The van der Waals surface area contributed by atoms with Crippen molar-refractivity contribution in [2.45, 2.75) is 50.6 Å². The molecule has 1 saturated heterocycles. The molecule has 3 heterocycles. The van der Waals surface area contributed by atoms with Crippen molar-refractivity contribution in [3.8, 4) is 10.7 Å². The molecular formula is C16H22N4S. The minimum Gasteiger partial charge on any atom is -0.304 e. The van der Waals surface area contributed by atoms with Crippen molar-refractivity contribution in [3.63, 3.8) is 0 Å². The van der Waals surface area contributed by atoms with Gasteiger partial charge < -0.3 is 5.32 Å². The molecule has 0 spiro atoms. The number of rotatable bonds is 2. The molecule has 1 N–H and O–H groups in total. The van der Waals surface area contributed by atoms with Crippen LogP contribution in [0.4, 0.5) is 0 Å². The second-order valence-corrected chi connectivity index (χ2v) is 7.29. The number of aromatic nitrogens is 3. The second kappa shape index (κ2) is 5.54. The van der Waals surface area contributed by atoms with Crippen LogP contribution in [0, 0.1) is 5.92 Å². The van der Waals surface area contributed by atoms with E-state index in [0.717, 1.165) is 22.4 Å². The Morgan fingerprint density at radius 1 is 1.24 bits per heavy atom. The highest BCUT2D eigenvalue weighted by molar-refractivity contribution is 7.13. The van der Waals surface area contributed by atoms with Crippen molar-refractivity contribution in [1.29, 1.82) is 0 Å². The zero-order valence-electron chi connectivity index (χ0n) is 12.5. The molecule has 1 aliphatic heterocycles. The zero-order valence-corrected chi connectivity index (χ0v) is 13.3. The van der Waals surface area contributed by atoms with Gasteiger partial charge in [-0.05, 0) is 43.0 Å². The third-order valence-corrected chi connectivity index (χ3v) is 5.87. The number of hydrogen-bond acceptors (Lipinski definition) is 4. The van der Waals surface area contributed by atoms with Crippen molar-refractivity contribution in [2.24, 2.45) is 13.0 Å². The first-order chi connectivity index (χ1) is 10.3. The maximum Gasteiger partial charge on any atom is 0.191 e. The molecule has 1 saturated carbocycles. The van der Waals surface area contributed by atoms with Crippen LogP contribution in [0.3, 0.4) is 0 Å². The monoisotopic (exact) mass is 302 g/mol. The van der Waals surface area contributed by atoms with Gasteiger partial charge in [0.25, 0.3) is 0 Å². The summed E-state index contributed by atoms with van der Waals surface area (Å²) >= 11 is 1.70. The molecule has 1 aliphatic carbocycles. The summed E-state index contributed by atoms with van der Waals surface area (Å²) in [6.07, 6.45) is 8.06. The lowest BCUT2D eigenvalue weighted by Crippen LogP contribution is -2.45. The second-order valence-electron chi connectivity index (χ2n) is 6.34. The molecule has 0 radical (unpaired) electrons. The molecule has 3 atom stereocenters. The molecule has 2 aromatic rings. The minimum atomic E-state index is 0.371. The largest absolute Gasteiger partial charge is 0.304 e. The van der Waals surface area contributed by atoms with Crippen molar-refractivity contribution in [1.82, 2.24) is 20.1 Å². The van der Waals surface area contributed by atoms with Gasteiger partial charge in [-0.3, -0.25) is 4.68 Å². The molecule has 5 heteroatoms. The highest BCUT2D eigenvalue weighted by Gasteiger charge is 2.34. The SMILES string of the molecule is Cn1nc(-c2cccs2)nc1C1CCC2CCCCC2N1. The van der Waals surface area contributed by atoms with Crippen molar-refractivity contribution in [2.75, 3.05) is 0 Å². The Morgan fingerprint density at radius 2 is 2.14 bits per heavy atom. The predicted molar refractivity (Wildman–Crippen MR) is 85.2 cm³/mol. The van der Waals surface area contributed by atoms with Crippen LogP contribution < -0.4 is 5.32 Å². The van der Waals surface area contributed by atoms with E-state index < -0.39 is 0 Å². The quantitative estimate of drug-likeness (QED) is 0.923. The van der Waals surface area contributed by atoms with Gasteiger partial charge in [0, 0.05) is 13.1 Å². The van der Waals surface area contributed by atoms with Crippen LogP contribution in [0.5, 0.6) is 0 Å². The van der Waals surface area contributed by atoms with Crippen LogP contribution in [0.15, 0.2) is 17.5 Å². The molecule has 2 aromatic heterocycles. The van der Waals surface area contributed by atoms with E-state index in [1.165, 1.54) is 38.5 Å². The minimum absolute atomic E-state index is 0.371. The van der Waals surface area contributed by atoms with Crippen LogP contribution in [0.25, 0.3) is 10.7 Å². The topological polar surface area (TPSA) is 42.7 Å². The van der Waals surface area contributed by atoms with Crippen LogP contribution in [-0.2, 0) is 7.05 Å². The Hall–Kier alpha value is -1.20. The van der Waals surface area contributed by atoms with E-state index >= 15 is 0 Å². The smallest absolute Gasteiger partial charge is 0.191 e. The van der Waals surface area contributed by atoms with E-state index in [2.05, 4.69) is 27.9 Å². The fraction of sp³-hybridized carbons (Fsp3) is 0.625. The van der Waals surface area contributed by atoms with Crippen LogP contribution in [0.2, 0.25) is 0 Å². The first-order valence-electron chi connectivity index (χ1n) is 8.02. The molecule has 4 rings (SSSR count). The van der Waals surface area contributed by atoms with E-state index in [0.29, 0.717) is 12.1 Å². The lowest BCUT2D eigenvalue weighted by molar-refractivity contribution is 0.171. The lowest BCUT2D eigenvalue weighted by Gasteiger charge is -2.40. The summed E-state index contributed by atoms with van der Waals surface area (Å²) in [5, 5.41) is 10.5. The summed E-state index contributed by atoms with van der Waals surface area (Å²) in [5.74, 6) is 2.86. The summed E-state index contributed by atoms with van der Waals surface area (Å²) < 4.78 is 1.97. The third kappa shape index (κ3) is 2.53. The number of nitrogens with zero attached hydrogens (tertiary/aromatic N) is 3. The molecule has 2 aliphatic rings. The molecular weight excluding hydrogens is 280 g/mol. The highest BCUT2D eigenvalue weighted by Crippen LogP contribution is 2.36. The lowest BCUT2D eigenvalue weighted by atomic mass is 9.77. The molecule has 112 valence electrons. The Balaban J connectivity index is 1.56. The summed E-state index contributed by atoms with van der Waals surface area (Å²) in [7, 11) is 2.02. The number of fused-ring (bicyclic) bond motifs is 1. The third-order valence-electron chi connectivity index (χ3n) is 5.00. The van der Waals surface area contributed by atoms with Crippen molar-refractivity contribution < 1.29 is 0 Å². The Kier molecular flexibility index (Phi) is 3.55. The van der Waals surface area contributed by atoms with E-state index in [4.69, 9.17) is 4.98 Å². The first kappa shape index (κ1) is 13.5. The molecule has 21 heavy (non-hydrogen) atoms. The van der Waals surface area contributed by atoms with Gasteiger partial charge in [0.1, 0.15) is 5.82 Å². The highest BCUT2D eigenvalue weighted by atomic mass is 32.1. The molecule has 0 aromatic carbocycles. The molecule has 4 nitrogen and oxygen atoms in total. The van der Waals surface area contributed by atoms with Crippen LogP contribution in [-0.4, -0.2) is 20.8 Å². The maximum absolute atomic E-state index is 4.81. The fourth-order valence-corrected chi connectivity index (χ4v) is 4.56. The van der Waals surface area contributed by atoms with Gasteiger partial charge in [-0.1, -0.05) is 18.9 Å². The Bertz CT molecular complexity index is 604. The normalized spacial score (nSPS) is 29.3. The summed E-state index contributed by atoms with van der Waals surface area (Å²) in [5.41, 5.74) is 0. The summed E-state index contributed by atoms with van der Waals surface area (Å²) in [6, 6.07) is 5.21. The summed E-state index contributed by atoms with van der Waals surface area (Å²) in [4.78, 5) is 5.97. The van der Waals surface area contributed by atoms with E-state index in [1.54, 1.807) is 11.3 Å². The molecule has 3 unspecified atom stereocenters. The van der Waals surface area contributed by atoms with Gasteiger partial charge in [-0.2, -0.15) is 5.10 Å². The Morgan fingerprint density at radius 3 is 3.00 bits per heavy atom. The number of piperidine rings is 1. The van der Waals surface area contributed by atoms with E-state index in [9.17, 15) is 0 Å². The number of nitrogens with one attached hydrogen (secondary N) is 1. The number of aryl methyl sites for hydroxylation is 1. The summed E-state index contributed by atoms with van der Waals surface area (Å²) in [6.45, 7) is 0. The number of thiophene rings is 1. The number of hydrogen-bond donors (Lipinski definition) is 1. The van der Waals surface area contributed by atoms with E-state index in [1.807, 2.05) is 11.7 Å². The van der Waals surface area contributed by atoms with E-state index in [-0.39, 0.29) is 0 Å². The van der Waals surface area contributed by atoms with Crippen LogP contribution in [0.1, 0.15) is 50.4 Å². The van der Waals surface area contributed by atoms with Gasteiger partial charge in [-0.25, -0.2) is 4.98 Å². The maximum atomic E-state index is 4.81. The predicted octanol–water partition coefficient (Wildman–Crippen LogP) is 3.53. The van der Waals surface area contributed by atoms with Gasteiger partial charge in [0.15, 0.2) is 5.82 Å². The standard InChI is InChI=1S/C16H22N4S/c1-20-16(18-15(19-20)14-7-4-10-21-14)13-9-8-11-5-2-3-6-12(11)17-13/h4,7,10-13,17H,2-3,5-6,8-9H2,1H3. The van der Waals surface area contributed by atoms with Gasteiger partial charge in [0.2, 0.25) is 0 Å². The molecule has 2 fully saturated rings. The molecule has 0 amide bonds. The van der Waals surface area contributed by atoms with Crippen LogP contribution >= 0.6 is 11.3 Å². The molecule has 0 bridgehead atoms. The fourth-order valence-electron chi connectivity index (χ4n) is 3.91. The van der Waals surface area contributed by atoms with Crippen molar-refractivity contribution in [3.05, 3.63) is 23.3 Å². The van der Waals surface area contributed by atoms with Gasteiger partial charge >= 0.3 is 0 Å². The average molecular weight is 302 g/mol.